The first-order chi connectivity index (χ1) is 7.24. The van der Waals surface area contributed by atoms with E-state index in [4.69, 9.17) is 22.1 Å². The van der Waals surface area contributed by atoms with Crippen LogP contribution < -0.4 is 10.5 Å². The minimum absolute atomic E-state index is 0.484. The maximum absolute atomic E-state index is 6.08. The van der Waals surface area contributed by atoms with Crippen molar-refractivity contribution in [2.75, 3.05) is 12.3 Å². The average molecular weight is 223 g/mol. The molecule has 3 nitrogen and oxygen atoms in total. The molecule has 0 amide bonds. The van der Waals surface area contributed by atoms with Crippen LogP contribution in [0.5, 0.6) is 5.75 Å². The molecule has 0 radical (unpaired) electrons. The smallest absolute Gasteiger partial charge is 0.145 e. The van der Waals surface area contributed by atoms with Gasteiger partial charge in [0.05, 0.1) is 23.5 Å². The fourth-order valence-electron chi connectivity index (χ4n) is 1.45. The second-order valence-electron chi connectivity index (χ2n) is 3.11. The Labute approximate surface area is 92.8 Å². The summed E-state index contributed by atoms with van der Waals surface area (Å²) in [6, 6.07) is 5.62. The third-order valence-corrected chi connectivity index (χ3v) is 2.54. The van der Waals surface area contributed by atoms with Gasteiger partial charge < -0.3 is 10.5 Å². The summed E-state index contributed by atoms with van der Waals surface area (Å²) in [7, 11) is 0. The Bertz CT molecular complexity index is 499. The van der Waals surface area contributed by atoms with Gasteiger partial charge in [0.2, 0.25) is 0 Å². The summed E-state index contributed by atoms with van der Waals surface area (Å²) in [5.41, 5.74) is 6.91. The summed E-state index contributed by atoms with van der Waals surface area (Å²) in [6.45, 7) is 2.53. The van der Waals surface area contributed by atoms with Gasteiger partial charge in [0, 0.05) is 5.39 Å². The number of aromatic nitrogens is 1. The molecule has 0 aliphatic carbocycles. The molecule has 78 valence electrons. The van der Waals surface area contributed by atoms with Crippen molar-refractivity contribution >= 4 is 28.2 Å². The van der Waals surface area contributed by atoms with Gasteiger partial charge in [-0.25, -0.2) is 0 Å². The number of benzene rings is 1. The van der Waals surface area contributed by atoms with E-state index >= 15 is 0 Å². The molecule has 2 aromatic rings. The third-order valence-electron chi connectivity index (χ3n) is 2.12. The van der Waals surface area contributed by atoms with Crippen LogP contribution in [-0.2, 0) is 0 Å². The molecule has 1 aromatic heterocycles. The Kier molecular flexibility index (Phi) is 2.64. The zero-order valence-corrected chi connectivity index (χ0v) is 9.08. The summed E-state index contributed by atoms with van der Waals surface area (Å²) in [5.74, 6) is 0.733. The number of hydrogen-bond donors (Lipinski definition) is 1. The Morgan fingerprint density at radius 1 is 1.47 bits per heavy atom. The van der Waals surface area contributed by atoms with Crippen LogP contribution in [0.25, 0.3) is 10.9 Å². The van der Waals surface area contributed by atoms with Gasteiger partial charge in [0.1, 0.15) is 11.3 Å². The molecule has 0 unspecified atom stereocenters. The second-order valence-corrected chi connectivity index (χ2v) is 3.49. The minimum Gasteiger partial charge on any atom is -0.492 e. The van der Waals surface area contributed by atoms with E-state index in [1.54, 1.807) is 6.20 Å². The number of fused-ring (bicyclic) bond motifs is 1. The van der Waals surface area contributed by atoms with Crippen LogP contribution in [0.3, 0.4) is 0 Å². The molecule has 2 rings (SSSR count). The van der Waals surface area contributed by atoms with Crippen LogP contribution in [0.15, 0.2) is 24.4 Å². The SMILES string of the molecule is CCOc1cccc2c(Cl)c(N)cnc12. The van der Waals surface area contributed by atoms with Crippen molar-refractivity contribution in [1.29, 1.82) is 0 Å². The summed E-state index contributed by atoms with van der Waals surface area (Å²) in [4.78, 5) is 4.23. The molecule has 0 aliphatic heterocycles. The zero-order valence-electron chi connectivity index (χ0n) is 8.33. The first-order valence-corrected chi connectivity index (χ1v) is 5.07. The van der Waals surface area contributed by atoms with Crippen LogP contribution in [0.1, 0.15) is 6.92 Å². The lowest BCUT2D eigenvalue weighted by Gasteiger charge is -2.08. The van der Waals surface area contributed by atoms with Crippen LogP contribution >= 0.6 is 11.6 Å². The lowest BCUT2D eigenvalue weighted by molar-refractivity contribution is 0.343. The highest BCUT2D eigenvalue weighted by Gasteiger charge is 2.08. The van der Waals surface area contributed by atoms with E-state index in [9.17, 15) is 0 Å². The Balaban J connectivity index is 2.72. The van der Waals surface area contributed by atoms with Crippen LogP contribution in [-0.4, -0.2) is 11.6 Å². The van der Waals surface area contributed by atoms with Gasteiger partial charge in [-0.05, 0) is 13.0 Å². The van der Waals surface area contributed by atoms with E-state index in [1.165, 1.54) is 0 Å². The summed E-state index contributed by atoms with van der Waals surface area (Å²) in [6.07, 6.45) is 1.55. The van der Waals surface area contributed by atoms with Gasteiger partial charge >= 0.3 is 0 Å². The Morgan fingerprint density at radius 3 is 3.00 bits per heavy atom. The van der Waals surface area contributed by atoms with Gasteiger partial charge in [0.15, 0.2) is 0 Å². The van der Waals surface area contributed by atoms with Crippen LogP contribution in [0.4, 0.5) is 5.69 Å². The molecule has 1 heterocycles. The van der Waals surface area contributed by atoms with Crippen molar-refractivity contribution in [1.82, 2.24) is 4.98 Å². The summed E-state index contributed by atoms with van der Waals surface area (Å²) in [5, 5.41) is 1.35. The number of para-hydroxylation sites is 1. The molecule has 0 saturated heterocycles. The van der Waals surface area contributed by atoms with Crippen molar-refractivity contribution in [2.24, 2.45) is 0 Å². The number of rotatable bonds is 2. The predicted octanol–water partition coefficient (Wildman–Crippen LogP) is 2.87. The zero-order chi connectivity index (χ0) is 10.8. The first-order valence-electron chi connectivity index (χ1n) is 4.69. The highest BCUT2D eigenvalue weighted by molar-refractivity contribution is 6.37. The van der Waals surface area contributed by atoms with Crippen LogP contribution in [0, 0.1) is 0 Å². The van der Waals surface area contributed by atoms with Crippen molar-refractivity contribution in [2.45, 2.75) is 6.92 Å². The van der Waals surface area contributed by atoms with Gasteiger partial charge in [-0.15, -0.1) is 0 Å². The van der Waals surface area contributed by atoms with Gasteiger partial charge in [-0.2, -0.15) is 0 Å². The van der Waals surface area contributed by atoms with E-state index < -0.39 is 0 Å². The lowest BCUT2D eigenvalue weighted by Crippen LogP contribution is -1.95. The molecule has 0 saturated carbocycles. The van der Waals surface area contributed by atoms with Gasteiger partial charge in [0.25, 0.3) is 0 Å². The standard InChI is InChI=1S/C11H11ClN2O/c1-2-15-9-5-3-4-7-10(12)8(13)6-14-11(7)9/h3-6H,2,13H2,1H3. The highest BCUT2D eigenvalue weighted by atomic mass is 35.5. The normalized spacial score (nSPS) is 10.5. The number of halogens is 1. The van der Waals surface area contributed by atoms with Gasteiger partial charge in [-0.1, -0.05) is 23.7 Å². The van der Waals surface area contributed by atoms with Crippen molar-refractivity contribution in [3.05, 3.63) is 29.4 Å². The van der Waals surface area contributed by atoms with E-state index in [2.05, 4.69) is 4.98 Å². The minimum atomic E-state index is 0.484. The fraction of sp³-hybridized carbons (Fsp3) is 0.182. The van der Waals surface area contributed by atoms with E-state index in [1.807, 2.05) is 25.1 Å². The maximum Gasteiger partial charge on any atom is 0.145 e. The average Bonchev–Trinajstić information content (AvgIpc) is 2.25. The molecule has 0 aliphatic rings. The monoisotopic (exact) mass is 222 g/mol. The van der Waals surface area contributed by atoms with Crippen LogP contribution in [0.2, 0.25) is 5.02 Å². The molecule has 0 bridgehead atoms. The predicted molar refractivity (Wildman–Crippen MR) is 62.3 cm³/mol. The Hall–Kier alpha value is -1.48. The summed E-state index contributed by atoms with van der Waals surface area (Å²) < 4.78 is 5.45. The number of pyridine rings is 1. The van der Waals surface area contributed by atoms with E-state index in [0.717, 1.165) is 16.7 Å². The summed E-state index contributed by atoms with van der Waals surface area (Å²) >= 11 is 6.08. The number of ether oxygens (including phenoxy) is 1. The van der Waals surface area contributed by atoms with Crippen molar-refractivity contribution in [3.63, 3.8) is 0 Å². The Morgan fingerprint density at radius 2 is 2.27 bits per heavy atom. The first kappa shape index (κ1) is 10.1. The largest absolute Gasteiger partial charge is 0.492 e. The topological polar surface area (TPSA) is 48.1 Å². The van der Waals surface area contributed by atoms with E-state index in [-0.39, 0.29) is 0 Å². The molecule has 2 N–H and O–H groups in total. The molecule has 0 spiro atoms. The molecular formula is C11H11ClN2O. The highest BCUT2D eigenvalue weighted by Crippen LogP contribution is 2.32. The lowest BCUT2D eigenvalue weighted by atomic mass is 10.2. The molecular weight excluding hydrogens is 212 g/mol. The van der Waals surface area contributed by atoms with Crippen molar-refractivity contribution < 1.29 is 4.74 Å². The molecule has 4 heteroatoms. The molecule has 0 fully saturated rings. The molecule has 15 heavy (non-hydrogen) atoms. The number of anilines is 1. The maximum atomic E-state index is 6.08. The van der Waals surface area contributed by atoms with E-state index in [0.29, 0.717) is 17.3 Å². The second kappa shape index (κ2) is 3.95. The fourth-order valence-corrected chi connectivity index (χ4v) is 1.65. The number of nitrogen functional groups attached to an aromatic ring is 1. The third kappa shape index (κ3) is 1.70. The van der Waals surface area contributed by atoms with Gasteiger partial charge in [-0.3, -0.25) is 4.98 Å². The number of nitrogens with two attached hydrogens (primary N) is 1. The quantitative estimate of drug-likeness (QED) is 0.850. The number of hydrogen-bond acceptors (Lipinski definition) is 3. The van der Waals surface area contributed by atoms with Crippen molar-refractivity contribution in [3.8, 4) is 5.75 Å². The number of nitrogens with zero attached hydrogens (tertiary/aromatic N) is 1. The molecule has 0 atom stereocenters. The molecule has 1 aromatic carbocycles.